The Hall–Kier alpha value is -1.37. The summed E-state index contributed by atoms with van der Waals surface area (Å²) in [5.41, 5.74) is 0. The first-order valence-electron chi connectivity index (χ1n) is 5.08. The number of rotatable bonds is 6. The molecule has 0 saturated carbocycles. The van der Waals surface area contributed by atoms with E-state index in [4.69, 9.17) is 0 Å². The average Bonchev–Trinajstić information content (AvgIpc) is 2.35. The molecule has 0 atom stereocenters. The predicted octanol–water partition coefficient (Wildman–Crippen LogP) is 3.99. The van der Waals surface area contributed by atoms with Gasteiger partial charge < -0.3 is 4.74 Å². The van der Waals surface area contributed by atoms with Gasteiger partial charge in [-0.25, -0.2) is 4.79 Å². The normalized spacial score (nSPS) is 15.6. The molecule has 0 aliphatic rings. The Morgan fingerprint density at radius 2 is 0.957 bits per heavy atom. The van der Waals surface area contributed by atoms with Gasteiger partial charge in [-0.2, -0.15) is 52.7 Å². The molecule has 23 heavy (non-hydrogen) atoms. The Labute approximate surface area is 119 Å². The third-order valence-electron chi connectivity index (χ3n) is 2.57. The minimum Gasteiger partial charge on any atom is -0.464 e. The van der Waals surface area contributed by atoms with Crippen molar-refractivity contribution < 1.29 is 62.2 Å². The second-order valence-corrected chi connectivity index (χ2v) is 4.25. The van der Waals surface area contributed by atoms with Gasteiger partial charge in [-0.1, -0.05) is 0 Å². The SMILES string of the molecule is COC(=O)C(F)(F)C(F)(F)C(F)(F)C(F)(F)C(F)(F)C(C)(F)F. The molecule has 0 N–H and O–H groups in total. The summed E-state index contributed by atoms with van der Waals surface area (Å²) in [7, 11) is -0.0303. The van der Waals surface area contributed by atoms with Gasteiger partial charge in [0.15, 0.2) is 0 Å². The maximum absolute atomic E-state index is 13.0. The Morgan fingerprint density at radius 1 is 0.652 bits per heavy atom. The molecule has 0 rings (SSSR count). The monoisotopic (exact) mass is 374 g/mol. The molecule has 0 aromatic carbocycles. The lowest BCUT2D eigenvalue weighted by molar-refractivity contribution is -0.419. The van der Waals surface area contributed by atoms with Crippen molar-refractivity contribution in [1.29, 1.82) is 0 Å². The van der Waals surface area contributed by atoms with Crippen LogP contribution in [0.1, 0.15) is 6.92 Å². The molecule has 0 aliphatic carbocycles. The van der Waals surface area contributed by atoms with Gasteiger partial charge in [0, 0.05) is 6.92 Å². The smallest absolute Gasteiger partial charge is 0.410 e. The van der Waals surface area contributed by atoms with E-state index >= 15 is 0 Å². The highest BCUT2D eigenvalue weighted by atomic mass is 19.4. The van der Waals surface area contributed by atoms with Crippen molar-refractivity contribution in [3.63, 3.8) is 0 Å². The molecule has 0 amide bonds. The molecule has 0 aromatic rings. The van der Waals surface area contributed by atoms with Gasteiger partial charge in [0.05, 0.1) is 7.11 Å². The van der Waals surface area contributed by atoms with Crippen molar-refractivity contribution in [3.8, 4) is 0 Å². The van der Waals surface area contributed by atoms with Gasteiger partial charge in [0.1, 0.15) is 0 Å². The fourth-order valence-electron chi connectivity index (χ4n) is 1.12. The molecular formula is C9H6F12O2. The number of esters is 1. The molecule has 0 bridgehead atoms. The highest BCUT2D eigenvalue weighted by molar-refractivity contribution is 5.79. The van der Waals surface area contributed by atoms with E-state index in [2.05, 4.69) is 4.74 Å². The standard InChI is InChI=1S/C9H6F12O2/c1-4(10,11)6(14,15)8(18,19)9(20,21)7(16,17)5(12,13)3(22)23-2/h1-2H3. The van der Waals surface area contributed by atoms with Crippen LogP contribution < -0.4 is 0 Å². The van der Waals surface area contributed by atoms with Crippen LogP contribution in [-0.4, -0.2) is 48.6 Å². The summed E-state index contributed by atoms with van der Waals surface area (Å²) >= 11 is 0. The van der Waals surface area contributed by atoms with Crippen molar-refractivity contribution in [2.75, 3.05) is 7.11 Å². The van der Waals surface area contributed by atoms with Crippen molar-refractivity contribution in [2.24, 2.45) is 0 Å². The van der Waals surface area contributed by atoms with Crippen LogP contribution in [0.4, 0.5) is 52.7 Å². The molecule has 0 saturated heterocycles. The number of methoxy groups -OCH3 is 1. The van der Waals surface area contributed by atoms with Crippen LogP contribution in [-0.2, 0) is 9.53 Å². The average molecular weight is 374 g/mol. The summed E-state index contributed by atoms with van der Waals surface area (Å²) < 4.78 is 157. The van der Waals surface area contributed by atoms with Gasteiger partial charge in [0.25, 0.3) is 0 Å². The number of hydrogen-bond donors (Lipinski definition) is 0. The third kappa shape index (κ3) is 2.69. The molecule has 138 valence electrons. The van der Waals surface area contributed by atoms with Crippen molar-refractivity contribution >= 4 is 5.97 Å². The Kier molecular flexibility index (Phi) is 5.01. The van der Waals surface area contributed by atoms with E-state index in [-0.39, 0.29) is 7.11 Å². The largest absolute Gasteiger partial charge is 0.464 e. The summed E-state index contributed by atoms with van der Waals surface area (Å²) in [6.07, 6.45) is 0. The second-order valence-electron chi connectivity index (χ2n) is 4.25. The van der Waals surface area contributed by atoms with E-state index in [1.165, 1.54) is 0 Å². The number of hydrogen-bond acceptors (Lipinski definition) is 2. The number of alkyl halides is 12. The summed E-state index contributed by atoms with van der Waals surface area (Å²) in [6, 6.07) is 0. The number of carbonyl (C=O) groups is 1. The third-order valence-corrected chi connectivity index (χ3v) is 2.57. The van der Waals surface area contributed by atoms with Crippen LogP contribution in [0, 0.1) is 0 Å². The molecule has 0 unspecified atom stereocenters. The van der Waals surface area contributed by atoms with Crippen LogP contribution in [0.2, 0.25) is 0 Å². The number of halogens is 12. The molecule has 0 fully saturated rings. The van der Waals surface area contributed by atoms with E-state index in [1.54, 1.807) is 0 Å². The van der Waals surface area contributed by atoms with Crippen molar-refractivity contribution in [3.05, 3.63) is 0 Å². The summed E-state index contributed by atoms with van der Waals surface area (Å²) in [5, 5.41) is 0. The predicted molar refractivity (Wildman–Crippen MR) is 47.4 cm³/mol. The summed E-state index contributed by atoms with van der Waals surface area (Å²) in [6.45, 7) is -1.02. The quantitative estimate of drug-likeness (QED) is 0.519. The first kappa shape index (κ1) is 21.6. The Bertz CT molecular complexity index is 464. The van der Waals surface area contributed by atoms with Crippen LogP contribution in [0.15, 0.2) is 0 Å². The van der Waals surface area contributed by atoms with Crippen LogP contribution >= 0.6 is 0 Å². The van der Waals surface area contributed by atoms with Gasteiger partial charge >= 0.3 is 41.5 Å². The Balaban J connectivity index is 6.30. The molecular weight excluding hydrogens is 368 g/mol. The molecule has 0 radical (unpaired) electrons. The van der Waals surface area contributed by atoms with E-state index in [1.807, 2.05) is 0 Å². The fraction of sp³-hybridized carbons (Fsp3) is 0.889. The lowest BCUT2D eigenvalue weighted by Crippen LogP contribution is -2.71. The second kappa shape index (κ2) is 5.33. The lowest BCUT2D eigenvalue weighted by atomic mass is 9.92. The van der Waals surface area contributed by atoms with Crippen molar-refractivity contribution in [2.45, 2.75) is 42.5 Å². The van der Waals surface area contributed by atoms with Gasteiger partial charge in [-0.05, 0) is 0 Å². The minimum absolute atomic E-state index is 0.0303. The van der Waals surface area contributed by atoms with E-state index in [0.29, 0.717) is 0 Å². The van der Waals surface area contributed by atoms with E-state index < -0.39 is 48.4 Å². The van der Waals surface area contributed by atoms with E-state index in [0.717, 1.165) is 0 Å². The molecule has 2 nitrogen and oxygen atoms in total. The van der Waals surface area contributed by atoms with E-state index in [9.17, 15) is 57.5 Å². The zero-order chi connectivity index (χ0) is 19.3. The summed E-state index contributed by atoms with van der Waals surface area (Å²) in [4.78, 5) is 10.3. The first-order valence-corrected chi connectivity index (χ1v) is 5.08. The van der Waals surface area contributed by atoms with Crippen LogP contribution in [0.3, 0.4) is 0 Å². The highest BCUT2D eigenvalue weighted by Crippen LogP contribution is 2.59. The zero-order valence-corrected chi connectivity index (χ0v) is 10.9. The summed E-state index contributed by atoms with van der Waals surface area (Å²) in [5.74, 6) is -46.2. The molecule has 0 heterocycles. The molecule has 0 aromatic heterocycles. The Morgan fingerprint density at radius 3 is 1.22 bits per heavy atom. The van der Waals surface area contributed by atoms with Gasteiger partial charge in [0.2, 0.25) is 0 Å². The minimum atomic E-state index is -7.75. The van der Waals surface area contributed by atoms with Gasteiger partial charge in [-0.3, -0.25) is 0 Å². The highest BCUT2D eigenvalue weighted by Gasteiger charge is 2.90. The van der Waals surface area contributed by atoms with Crippen LogP contribution in [0.5, 0.6) is 0 Å². The fourth-order valence-corrected chi connectivity index (χ4v) is 1.12. The number of ether oxygens (including phenoxy) is 1. The maximum atomic E-state index is 13.0. The molecule has 0 aliphatic heterocycles. The maximum Gasteiger partial charge on any atom is 0.410 e. The topological polar surface area (TPSA) is 26.3 Å². The first-order chi connectivity index (χ1) is 9.73. The molecule has 14 heteroatoms. The number of carbonyl (C=O) groups excluding carboxylic acids is 1. The molecule has 0 spiro atoms. The zero-order valence-electron chi connectivity index (χ0n) is 10.9. The lowest BCUT2D eigenvalue weighted by Gasteiger charge is -2.39. The van der Waals surface area contributed by atoms with Crippen LogP contribution in [0.25, 0.3) is 0 Å². The van der Waals surface area contributed by atoms with Crippen molar-refractivity contribution in [1.82, 2.24) is 0 Å². The van der Waals surface area contributed by atoms with Gasteiger partial charge in [-0.15, -0.1) is 0 Å².